The third kappa shape index (κ3) is 3.03. The third-order valence-corrected chi connectivity index (χ3v) is 4.20. The quantitative estimate of drug-likeness (QED) is 0.889. The number of rotatable bonds is 4. The van der Waals surface area contributed by atoms with Gasteiger partial charge < -0.3 is 10.6 Å². The molecule has 0 saturated carbocycles. The number of anilines is 1. The van der Waals surface area contributed by atoms with E-state index in [0.29, 0.717) is 11.8 Å². The summed E-state index contributed by atoms with van der Waals surface area (Å²) in [5.74, 6) is 2.00. The molecule has 19 heavy (non-hydrogen) atoms. The highest BCUT2D eigenvalue weighted by atomic mass is 15.3. The summed E-state index contributed by atoms with van der Waals surface area (Å²) < 4.78 is 0. The summed E-state index contributed by atoms with van der Waals surface area (Å²) in [5, 5.41) is 8.63. The maximum Gasteiger partial charge on any atom is 0.245 e. The molecule has 2 heterocycles. The maximum atomic E-state index is 5.85. The van der Waals surface area contributed by atoms with E-state index < -0.39 is 0 Å². The predicted molar refractivity (Wildman–Crippen MR) is 77.1 cm³/mol. The van der Waals surface area contributed by atoms with Crippen LogP contribution >= 0.6 is 0 Å². The first kappa shape index (κ1) is 14.2. The van der Waals surface area contributed by atoms with Crippen LogP contribution in [0.3, 0.4) is 0 Å². The summed E-state index contributed by atoms with van der Waals surface area (Å²) in [5.41, 5.74) is 7.95. The second kappa shape index (κ2) is 6.28. The van der Waals surface area contributed by atoms with Gasteiger partial charge in [-0.15, -0.1) is 5.10 Å². The molecular weight excluding hydrogens is 238 g/mol. The molecule has 0 aromatic carbocycles. The molecule has 2 rings (SSSR count). The SMILES string of the molecule is CCc1nnc(N2CCC(C)C(CN)C2)nc1CC. The van der Waals surface area contributed by atoms with Gasteiger partial charge in [-0.2, -0.15) is 5.10 Å². The average Bonchev–Trinajstić information content (AvgIpc) is 2.47. The summed E-state index contributed by atoms with van der Waals surface area (Å²) >= 11 is 0. The Hall–Kier alpha value is -1.23. The first-order valence-corrected chi connectivity index (χ1v) is 7.37. The van der Waals surface area contributed by atoms with Crippen LogP contribution in [0.5, 0.6) is 0 Å². The van der Waals surface area contributed by atoms with Gasteiger partial charge in [0, 0.05) is 13.1 Å². The number of aromatic nitrogens is 3. The lowest BCUT2D eigenvalue weighted by Gasteiger charge is -2.36. The Balaban J connectivity index is 2.17. The molecule has 1 aliphatic heterocycles. The van der Waals surface area contributed by atoms with E-state index in [0.717, 1.165) is 56.2 Å². The van der Waals surface area contributed by atoms with Crippen LogP contribution in [-0.4, -0.2) is 34.8 Å². The number of hydrogen-bond acceptors (Lipinski definition) is 5. The van der Waals surface area contributed by atoms with Crippen molar-refractivity contribution in [2.24, 2.45) is 17.6 Å². The van der Waals surface area contributed by atoms with Crippen LogP contribution in [-0.2, 0) is 12.8 Å². The highest BCUT2D eigenvalue weighted by Gasteiger charge is 2.27. The van der Waals surface area contributed by atoms with Gasteiger partial charge in [0.2, 0.25) is 5.95 Å². The van der Waals surface area contributed by atoms with Gasteiger partial charge in [0.25, 0.3) is 0 Å². The van der Waals surface area contributed by atoms with Gasteiger partial charge in [-0.25, -0.2) is 4.98 Å². The van der Waals surface area contributed by atoms with Crippen molar-refractivity contribution >= 4 is 5.95 Å². The van der Waals surface area contributed by atoms with E-state index in [1.54, 1.807) is 0 Å². The molecule has 106 valence electrons. The molecule has 0 amide bonds. The second-order valence-corrected chi connectivity index (χ2v) is 5.42. The van der Waals surface area contributed by atoms with Gasteiger partial charge in [-0.3, -0.25) is 0 Å². The standard InChI is InChI=1S/C14H25N5/c1-4-12-13(5-2)17-18-14(16-12)19-7-6-10(3)11(8-15)9-19/h10-11H,4-9,15H2,1-3H3. The summed E-state index contributed by atoms with van der Waals surface area (Å²) in [6.45, 7) is 9.19. The highest BCUT2D eigenvalue weighted by Crippen LogP contribution is 2.24. The van der Waals surface area contributed by atoms with Crippen molar-refractivity contribution in [1.29, 1.82) is 0 Å². The minimum atomic E-state index is 0.535. The van der Waals surface area contributed by atoms with Gasteiger partial charge in [-0.05, 0) is 37.6 Å². The van der Waals surface area contributed by atoms with Crippen molar-refractivity contribution in [3.8, 4) is 0 Å². The fourth-order valence-electron chi connectivity index (χ4n) is 2.70. The number of nitrogens with two attached hydrogens (primary N) is 1. The van der Waals surface area contributed by atoms with Crippen molar-refractivity contribution in [2.75, 3.05) is 24.5 Å². The molecule has 1 fully saturated rings. The van der Waals surface area contributed by atoms with E-state index in [2.05, 4.69) is 35.9 Å². The lowest BCUT2D eigenvalue weighted by Crippen LogP contribution is -2.43. The minimum absolute atomic E-state index is 0.535. The monoisotopic (exact) mass is 263 g/mol. The number of aryl methyl sites for hydroxylation is 2. The number of piperidine rings is 1. The molecule has 2 atom stereocenters. The van der Waals surface area contributed by atoms with Crippen molar-refractivity contribution in [3.63, 3.8) is 0 Å². The van der Waals surface area contributed by atoms with E-state index in [4.69, 9.17) is 10.7 Å². The molecule has 1 saturated heterocycles. The largest absolute Gasteiger partial charge is 0.339 e. The molecular formula is C14H25N5. The van der Waals surface area contributed by atoms with Gasteiger partial charge in [0.05, 0.1) is 11.4 Å². The fraction of sp³-hybridized carbons (Fsp3) is 0.786. The third-order valence-electron chi connectivity index (χ3n) is 4.20. The highest BCUT2D eigenvalue weighted by molar-refractivity contribution is 5.31. The minimum Gasteiger partial charge on any atom is -0.339 e. The normalized spacial score (nSPS) is 23.7. The van der Waals surface area contributed by atoms with Crippen LogP contribution in [0.15, 0.2) is 0 Å². The van der Waals surface area contributed by atoms with E-state index in [9.17, 15) is 0 Å². The second-order valence-electron chi connectivity index (χ2n) is 5.42. The van der Waals surface area contributed by atoms with E-state index >= 15 is 0 Å². The molecule has 0 bridgehead atoms. The average molecular weight is 263 g/mol. The summed E-state index contributed by atoms with van der Waals surface area (Å²) in [6.07, 6.45) is 2.96. The zero-order valence-corrected chi connectivity index (χ0v) is 12.3. The van der Waals surface area contributed by atoms with E-state index in [-0.39, 0.29) is 0 Å². The van der Waals surface area contributed by atoms with Crippen molar-refractivity contribution < 1.29 is 0 Å². The first-order valence-electron chi connectivity index (χ1n) is 7.37. The van der Waals surface area contributed by atoms with Crippen LogP contribution in [0.4, 0.5) is 5.95 Å². The Bertz CT molecular complexity index is 420. The summed E-state index contributed by atoms with van der Waals surface area (Å²) in [6, 6.07) is 0. The van der Waals surface area contributed by atoms with Crippen LogP contribution in [0, 0.1) is 11.8 Å². The van der Waals surface area contributed by atoms with Crippen molar-refractivity contribution in [1.82, 2.24) is 15.2 Å². The van der Waals surface area contributed by atoms with Crippen LogP contribution < -0.4 is 10.6 Å². The van der Waals surface area contributed by atoms with Crippen molar-refractivity contribution in [3.05, 3.63) is 11.4 Å². The Morgan fingerprint density at radius 1 is 1.21 bits per heavy atom. The Labute approximate surface area is 115 Å². The molecule has 5 nitrogen and oxygen atoms in total. The van der Waals surface area contributed by atoms with Gasteiger partial charge in [0.1, 0.15) is 0 Å². The lowest BCUT2D eigenvalue weighted by molar-refractivity contribution is 0.305. The molecule has 1 aliphatic rings. The Morgan fingerprint density at radius 2 is 1.95 bits per heavy atom. The van der Waals surface area contributed by atoms with E-state index in [1.165, 1.54) is 0 Å². The molecule has 5 heteroatoms. The smallest absolute Gasteiger partial charge is 0.245 e. The van der Waals surface area contributed by atoms with Gasteiger partial charge in [-0.1, -0.05) is 20.8 Å². The molecule has 0 aliphatic carbocycles. The van der Waals surface area contributed by atoms with Crippen LogP contribution in [0.1, 0.15) is 38.6 Å². The molecule has 2 N–H and O–H groups in total. The van der Waals surface area contributed by atoms with E-state index in [1.807, 2.05) is 0 Å². The zero-order chi connectivity index (χ0) is 13.8. The van der Waals surface area contributed by atoms with Crippen molar-refractivity contribution in [2.45, 2.75) is 40.0 Å². The first-order chi connectivity index (χ1) is 9.19. The predicted octanol–water partition coefficient (Wildman–Crippen LogP) is 1.42. The molecule has 0 spiro atoms. The molecule has 1 aromatic rings. The molecule has 1 aromatic heterocycles. The molecule has 2 unspecified atom stereocenters. The topological polar surface area (TPSA) is 67.9 Å². The number of nitrogens with zero attached hydrogens (tertiary/aromatic N) is 4. The number of hydrogen-bond donors (Lipinski definition) is 1. The fourth-order valence-corrected chi connectivity index (χ4v) is 2.70. The maximum absolute atomic E-state index is 5.85. The summed E-state index contributed by atoms with van der Waals surface area (Å²) in [7, 11) is 0. The van der Waals surface area contributed by atoms with Gasteiger partial charge >= 0.3 is 0 Å². The Morgan fingerprint density at radius 3 is 2.58 bits per heavy atom. The zero-order valence-electron chi connectivity index (χ0n) is 12.3. The van der Waals surface area contributed by atoms with Crippen LogP contribution in [0.25, 0.3) is 0 Å². The van der Waals surface area contributed by atoms with Gasteiger partial charge in [0.15, 0.2) is 0 Å². The summed E-state index contributed by atoms with van der Waals surface area (Å²) in [4.78, 5) is 6.93. The Kier molecular flexibility index (Phi) is 4.69. The molecule has 0 radical (unpaired) electrons. The van der Waals surface area contributed by atoms with Crippen LogP contribution in [0.2, 0.25) is 0 Å². The lowest BCUT2D eigenvalue weighted by atomic mass is 9.87.